The molecule has 0 aliphatic carbocycles. The van der Waals surface area contributed by atoms with Crippen LogP contribution in [0, 0.1) is 11.3 Å². The normalized spacial score (nSPS) is 10.9. The first-order chi connectivity index (χ1) is 8.32. The molecule has 0 radical (unpaired) electrons. The van der Waals surface area contributed by atoms with Crippen molar-refractivity contribution in [1.29, 1.82) is 0 Å². The zero-order valence-electron chi connectivity index (χ0n) is 9.83. The highest BCUT2D eigenvalue weighted by Crippen LogP contribution is 2.32. The van der Waals surface area contributed by atoms with Gasteiger partial charge in [0.05, 0.1) is 0 Å². The van der Waals surface area contributed by atoms with Gasteiger partial charge < -0.3 is 15.3 Å². The summed E-state index contributed by atoms with van der Waals surface area (Å²) in [6, 6.07) is 0. The van der Waals surface area contributed by atoms with Crippen molar-refractivity contribution in [3.05, 3.63) is 25.3 Å². The molecule has 18 heavy (non-hydrogen) atoms. The molecular formula is C12H16O6. The summed E-state index contributed by atoms with van der Waals surface area (Å²) in [5, 5.41) is 26.8. The quantitative estimate of drug-likeness (QED) is 0.424. The molecule has 0 fully saturated rings. The molecule has 0 aromatic heterocycles. The molecule has 0 saturated heterocycles. The van der Waals surface area contributed by atoms with Gasteiger partial charge in [-0.15, -0.1) is 13.2 Å². The lowest BCUT2D eigenvalue weighted by Crippen LogP contribution is -2.47. The van der Waals surface area contributed by atoms with E-state index in [1.807, 2.05) is 0 Å². The third-order valence-corrected chi connectivity index (χ3v) is 2.69. The van der Waals surface area contributed by atoms with Crippen LogP contribution in [0.25, 0.3) is 0 Å². The van der Waals surface area contributed by atoms with Crippen LogP contribution in [0.1, 0.15) is 19.3 Å². The highest BCUT2D eigenvalue weighted by Gasteiger charge is 2.55. The number of allylic oxidation sites excluding steroid dienone is 2. The van der Waals surface area contributed by atoms with Crippen molar-refractivity contribution in [2.24, 2.45) is 11.3 Å². The minimum absolute atomic E-state index is 0.321. The fourth-order valence-electron chi connectivity index (χ4n) is 1.70. The summed E-state index contributed by atoms with van der Waals surface area (Å²) >= 11 is 0. The Hall–Kier alpha value is -2.11. The van der Waals surface area contributed by atoms with E-state index in [-0.39, 0.29) is 0 Å². The van der Waals surface area contributed by atoms with Crippen LogP contribution in [0.4, 0.5) is 0 Å². The summed E-state index contributed by atoms with van der Waals surface area (Å²) in [5.41, 5.74) is -2.82. The van der Waals surface area contributed by atoms with Gasteiger partial charge in [0.15, 0.2) is 0 Å². The third-order valence-electron chi connectivity index (χ3n) is 2.69. The predicted molar refractivity (Wildman–Crippen MR) is 63.1 cm³/mol. The SMILES string of the molecule is C=CCC(CC=C)CC(C(=O)O)(C(=O)O)C(=O)O. The lowest BCUT2D eigenvalue weighted by Gasteiger charge is -2.24. The number of carboxylic acid groups (broad SMARTS) is 3. The average molecular weight is 256 g/mol. The maximum Gasteiger partial charge on any atom is 0.332 e. The second-order valence-corrected chi connectivity index (χ2v) is 3.94. The summed E-state index contributed by atoms with van der Waals surface area (Å²) in [5.74, 6) is -6.06. The second kappa shape index (κ2) is 6.58. The van der Waals surface area contributed by atoms with Gasteiger partial charge in [-0.05, 0) is 25.2 Å². The Kier molecular flexibility index (Phi) is 5.81. The Balaban J connectivity index is 5.37. The molecule has 0 aliphatic heterocycles. The molecule has 0 saturated carbocycles. The first-order valence-electron chi connectivity index (χ1n) is 5.24. The Labute approximate surface area is 104 Å². The molecule has 6 nitrogen and oxygen atoms in total. The van der Waals surface area contributed by atoms with Crippen molar-refractivity contribution >= 4 is 17.9 Å². The Morgan fingerprint density at radius 3 is 1.50 bits per heavy atom. The monoisotopic (exact) mass is 256 g/mol. The molecule has 0 atom stereocenters. The molecule has 0 amide bonds. The van der Waals surface area contributed by atoms with Gasteiger partial charge in [0.1, 0.15) is 0 Å². The Morgan fingerprint density at radius 2 is 1.28 bits per heavy atom. The van der Waals surface area contributed by atoms with E-state index in [2.05, 4.69) is 13.2 Å². The molecule has 0 aromatic rings. The van der Waals surface area contributed by atoms with E-state index in [1.165, 1.54) is 12.2 Å². The number of aliphatic carboxylic acids is 3. The standard InChI is InChI=1S/C12H16O6/c1-3-5-8(6-4-2)7-12(9(13)14,10(15)16)11(17)18/h3-4,8H,1-2,5-7H2,(H,13,14)(H,15,16)(H,17,18). The minimum Gasteiger partial charge on any atom is -0.480 e. The van der Waals surface area contributed by atoms with Gasteiger partial charge in [0, 0.05) is 0 Å². The molecule has 0 heterocycles. The Bertz CT molecular complexity index is 325. The van der Waals surface area contributed by atoms with Gasteiger partial charge in [-0.25, -0.2) is 0 Å². The highest BCUT2D eigenvalue weighted by molar-refractivity contribution is 6.16. The van der Waals surface area contributed by atoms with Crippen LogP contribution in [-0.4, -0.2) is 33.2 Å². The molecule has 0 rings (SSSR count). The molecule has 6 heteroatoms. The second-order valence-electron chi connectivity index (χ2n) is 3.94. The van der Waals surface area contributed by atoms with Crippen molar-refractivity contribution in [3.63, 3.8) is 0 Å². The summed E-state index contributed by atoms with van der Waals surface area (Å²) in [7, 11) is 0. The van der Waals surface area contributed by atoms with Crippen LogP contribution in [0.2, 0.25) is 0 Å². The fraction of sp³-hybridized carbons (Fsp3) is 0.417. The number of carboxylic acids is 3. The van der Waals surface area contributed by atoms with Crippen LogP contribution < -0.4 is 0 Å². The van der Waals surface area contributed by atoms with Crippen molar-refractivity contribution < 1.29 is 29.7 Å². The maximum absolute atomic E-state index is 11.0. The zero-order chi connectivity index (χ0) is 14.3. The third kappa shape index (κ3) is 3.19. The van der Waals surface area contributed by atoms with Gasteiger partial charge in [-0.2, -0.15) is 0 Å². The summed E-state index contributed by atoms with van der Waals surface area (Å²) in [4.78, 5) is 33.1. The van der Waals surface area contributed by atoms with E-state index >= 15 is 0 Å². The van der Waals surface area contributed by atoms with Gasteiger partial charge >= 0.3 is 17.9 Å². The van der Waals surface area contributed by atoms with Crippen molar-refractivity contribution in [3.8, 4) is 0 Å². The van der Waals surface area contributed by atoms with E-state index in [0.29, 0.717) is 12.8 Å². The molecule has 0 aliphatic rings. The topological polar surface area (TPSA) is 112 Å². The smallest absolute Gasteiger partial charge is 0.332 e. The van der Waals surface area contributed by atoms with E-state index in [9.17, 15) is 14.4 Å². The minimum atomic E-state index is -2.82. The first kappa shape index (κ1) is 15.9. The van der Waals surface area contributed by atoms with E-state index in [0.717, 1.165) is 0 Å². The molecule has 3 N–H and O–H groups in total. The van der Waals surface area contributed by atoms with Crippen LogP contribution in [0.3, 0.4) is 0 Å². The van der Waals surface area contributed by atoms with Crippen molar-refractivity contribution in [2.45, 2.75) is 19.3 Å². The van der Waals surface area contributed by atoms with E-state index < -0.39 is 35.7 Å². The molecule has 0 aromatic carbocycles. The van der Waals surface area contributed by atoms with Crippen LogP contribution in [0.15, 0.2) is 25.3 Å². The molecule has 0 bridgehead atoms. The largest absolute Gasteiger partial charge is 0.480 e. The number of carbonyl (C=O) groups is 3. The van der Waals surface area contributed by atoms with Gasteiger partial charge in [0.2, 0.25) is 0 Å². The Morgan fingerprint density at radius 1 is 0.944 bits per heavy atom. The lowest BCUT2D eigenvalue weighted by atomic mass is 9.77. The van der Waals surface area contributed by atoms with Gasteiger partial charge in [-0.3, -0.25) is 14.4 Å². The van der Waals surface area contributed by atoms with Crippen molar-refractivity contribution in [1.82, 2.24) is 0 Å². The van der Waals surface area contributed by atoms with Crippen LogP contribution in [-0.2, 0) is 14.4 Å². The van der Waals surface area contributed by atoms with E-state index in [1.54, 1.807) is 0 Å². The van der Waals surface area contributed by atoms with Crippen LogP contribution in [0.5, 0.6) is 0 Å². The molecular weight excluding hydrogens is 240 g/mol. The summed E-state index contributed by atoms with van der Waals surface area (Å²) in [6.07, 6.45) is 3.11. The molecule has 0 unspecified atom stereocenters. The highest BCUT2D eigenvalue weighted by atomic mass is 16.4. The first-order valence-corrected chi connectivity index (χ1v) is 5.24. The number of rotatable bonds is 9. The zero-order valence-corrected chi connectivity index (χ0v) is 9.83. The summed E-state index contributed by atoms with van der Waals surface area (Å²) < 4.78 is 0. The molecule has 0 spiro atoms. The molecule has 100 valence electrons. The summed E-state index contributed by atoms with van der Waals surface area (Å²) in [6.45, 7) is 6.94. The van der Waals surface area contributed by atoms with Gasteiger partial charge in [-0.1, -0.05) is 12.2 Å². The van der Waals surface area contributed by atoms with Crippen molar-refractivity contribution in [2.75, 3.05) is 0 Å². The van der Waals surface area contributed by atoms with Gasteiger partial charge in [0.25, 0.3) is 5.41 Å². The predicted octanol–water partition coefficient (Wildman–Crippen LogP) is 1.39. The maximum atomic E-state index is 11.0. The number of hydrogen-bond donors (Lipinski definition) is 3. The lowest BCUT2D eigenvalue weighted by molar-refractivity contribution is -0.177. The average Bonchev–Trinajstić information content (AvgIpc) is 2.24. The number of hydrogen-bond acceptors (Lipinski definition) is 3. The van der Waals surface area contributed by atoms with Crippen LogP contribution >= 0.6 is 0 Å². The fourth-order valence-corrected chi connectivity index (χ4v) is 1.70. The van der Waals surface area contributed by atoms with E-state index in [4.69, 9.17) is 15.3 Å².